The maximum absolute atomic E-state index is 15.3. The van der Waals surface area contributed by atoms with Gasteiger partial charge in [-0.25, -0.2) is 49.9 Å². The summed E-state index contributed by atoms with van der Waals surface area (Å²) >= 11 is 0. The van der Waals surface area contributed by atoms with Gasteiger partial charge in [-0.1, -0.05) is 66.7 Å². The summed E-state index contributed by atoms with van der Waals surface area (Å²) in [5.41, 5.74) is -3.84. The van der Waals surface area contributed by atoms with Gasteiger partial charge in [-0.2, -0.15) is 5.46 Å². The molecule has 4 aromatic rings. The van der Waals surface area contributed by atoms with E-state index < -0.39 is 80.7 Å². The number of hydrogen-bond acceptors (Lipinski definition) is 0. The van der Waals surface area contributed by atoms with E-state index in [1.807, 2.05) is 0 Å². The van der Waals surface area contributed by atoms with Crippen LogP contribution >= 0.6 is 0 Å². The highest BCUT2D eigenvalue weighted by atomic mass is 19.2. The summed E-state index contributed by atoms with van der Waals surface area (Å²) in [7, 11) is 0. The highest BCUT2D eigenvalue weighted by Gasteiger charge is 2.42. The zero-order valence-electron chi connectivity index (χ0n) is 18.3. The molecule has 11 heteroatoms. The minimum absolute atomic E-state index is 0.220. The predicted molar refractivity (Wildman–Crippen MR) is 119 cm³/mol. The van der Waals surface area contributed by atoms with Crippen LogP contribution in [0.25, 0.3) is 6.08 Å². The van der Waals surface area contributed by atoms with E-state index in [-0.39, 0.29) is 5.56 Å². The first-order valence-corrected chi connectivity index (χ1v) is 10.5. The number of halogens is 10. The lowest BCUT2D eigenvalue weighted by Gasteiger charge is -2.41. The second kappa shape index (κ2) is 9.80. The summed E-state index contributed by atoms with van der Waals surface area (Å²) in [5.74, 6) is -24.3. The molecule has 0 aromatic heterocycles. The van der Waals surface area contributed by atoms with Gasteiger partial charge in [0.2, 0.25) is 0 Å². The molecule has 0 nitrogen and oxygen atoms in total. The first-order chi connectivity index (χ1) is 17.5. The van der Waals surface area contributed by atoms with Crippen LogP contribution < -0.4 is 16.4 Å². The molecule has 4 rings (SSSR count). The quantitative estimate of drug-likeness (QED) is 0.134. The second-order valence-corrected chi connectivity index (χ2v) is 8.08. The fourth-order valence-electron chi connectivity index (χ4n) is 4.40. The van der Waals surface area contributed by atoms with Crippen molar-refractivity contribution in [3.05, 3.63) is 130 Å². The molecule has 0 aliphatic rings. The standard InChI is InChI=1S/C26H12BF10/c28-17-15(18(29)22(33)25(36)21(17)32)27(14-9-5-2-6-10-14,12-11-13-7-3-1-4-8-13)16-19(30)23(34)26(37)24(35)20(16)31/h1-12H/q-1/b12-11+. The average molecular weight is 525 g/mol. The Kier molecular flexibility index (Phi) is 6.90. The highest BCUT2D eigenvalue weighted by Crippen LogP contribution is 2.26. The Bertz CT molecular complexity index is 1390. The number of benzene rings is 4. The van der Waals surface area contributed by atoms with Gasteiger partial charge in [-0.3, -0.25) is 0 Å². The minimum Gasteiger partial charge on any atom is -0.231 e. The molecule has 0 aliphatic heterocycles. The van der Waals surface area contributed by atoms with Crippen LogP contribution in [0, 0.1) is 58.2 Å². The van der Waals surface area contributed by atoms with E-state index >= 15 is 17.6 Å². The van der Waals surface area contributed by atoms with Gasteiger partial charge in [0, 0.05) is 0 Å². The van der Waals surface area contributed by atoms with Crippen molar-refractivity contribution in [2.75, 3.05) is 0 Å². The SMILES string of the molecule is Fc1c(F)c(F)c([B-](/C=C/c2ccccc2)(c2ccccc2)c2c(F)c(F)c(F)c(F)c2F)c(F)c1F. The fraction of sp³-hybridized carbons (Fsp3) is 0. The van der Waals surface area contributed by atoms with Gasteiger partial charge < -0.3 is 0 Å². The maximum atomic E-state index is 15.3. The average Bonchev–Trinajstić information content (AvgIpc) is 2.92. The van der Waals surface area contributed by atoms with E-state index in [1.54, 1.807) is 6.07 Å². The molecule has 37 heavy (non-hydrogen) atoms. The molecule has 0 amide bonds. The van der Waals surface area contributed by atoms with Gasteiger partial charge in [0.25, 0.3) is 0 Å². The molecule has 0 atom stereocenters. The Morgan fingerprint density at radius 2 is 0.730 bits per heavy atom. The molecule has 0 fully saturated rings. The molecule has 0 unspecified atom stereocenters. The summed E-state index contributed by atoms with van der Waals surface area (Å²) < 4.78 is 147. The normalized spacial score (nSPS) is 11.9. The van der Waals surface area contributed by atoms with Crippen molar-refractivity contribution in [3.63, 3.8) is 0 Å². The largest absolute Gasteiger partial charge is 0.231 e. The summed E-state index contributed by atoms with van der Waals surface area (Å²) in [4.78, 5) is 0. The lowest BCUT2D eigenvalue weighted by atomic mass is 9.15. The van der Waals surface area contributed by atoms with Crippen molar-refractivity contribution < 1.29 is 43.9 Å². The summed E-state index contributed by atoms with van der Waals surface area (Å²) in [6.45, 7) is 0. The zero-order chi connectivity index (χ0) is 27.1. The molecule has 0 heterocycles. The van der Waals surface area contributed by atoms with E-state index in [4.69, 9.17) is 0 Å². The Morgan fingerprint density at radius 3 is 1.11 bits per heavy atom. The Balaban J connectivity index is 2.31. The predicted octanol–water partition coefficient (Wildman–Crippen LogP) is 5.80. The molecule has 0 spiro atoms. The summed E-state index contributed by atoms with van der Waals surface area (Å²) in [6.07, 6.45) is -3.20. The van der Waals surface area contributed by atoms with E-state index in [1.165, 1.54) is 42.5 Å². The molecule has 0 N–H and O–H groups in total. The molecule has 0 bridgehead atoms. The molecular formula is C26H12BF10-. The van der Waals surface area contributed by atoms with Crippen LogP contribution in [0.5, 0.6) is 0 Å². The van der Waals surface area contributed by atoms with Crippen molar-refractivity contribution in [1.29, 1.82) is 0 Å². The van der Waals surface area contributed by atoms with Crippen LogP contribution in [0.15, 0.2) is 66.6 Å². The first kappa shape index (κ1) is 26.1. The fourth-order valence-corrected chi connectivity index (χ4v) is 4.40. The summed E-state index contributed by atoms with van der Waals surface area (Å²) in [6, 6.07) is 13.1. The third kappa shape index (κ3) is 4.08. The Labute approximate surface area is 203 Å². The monoisotopic (exact) mass is 525 g/mol. The van der Waals surface area contributed by atoms with Crippen LogP contribution in [0.1, 0.15) is 5.56 Å². The van der Waals surface area contributed by atoms with E-state index in [9.17, 15) is 26.3 Å². The van der Waals surface area contributed by atoms with Crippen LogP contribution in [-0.4, -0.2) is 6.15 Å². The third-order valence-corrected chi connectivity index (χ3v) is 6.10. The third-order valence-electron chi connectivity index (χ3n) is 6.10. The Hall–Kier alpha value is -4.02. The van der Waals surface area contributed by atoms with Gasteiger partial charge in [-0.05, 0) is 5.56 Å². The van der Waals surface area contributed by atoms with E-state index in [0.717, 1.165) is 18.2 Å². The maximum Gasteiger partial charge on any atom is 0.200 e. The van der Waals surface area contributed by atoms with Crippen molar-refractivity contribution in [1.82, 2.24) is 0 Å². The van der Waals surface area contributed by atoms with Crippen LogP contribution in [0.3, 0.4) is 0 Å². The number of hydrogen-bond donors (Lipinski definition) is 0. The highest BCUT2D eigenvalue weighted by molar-refractivity contribution is 7.15. The van der Waals surface area contributed by atoms with Gasteiger partial charge in [-0.15, -0.1) is 10.9 Å². The van der Waals surface area contributed by atoms with Crippen LogP contribution in [0.4, 0.5) is 43.9 Å². The number of rotatable bonds is 5. The van der Waals surface area contributed by atoms with E-state index in [2.05, 4.69) is 0 Å². The molecule has 0 saturated heterocycles. The lowest BCUT2D eigenvalue weighted by molar-refractivity contribution is 0.382. The molecule has 0 radical (unpaired) electrons. The zero-order valence-corrected chi connectivity index (χ0v) is 18.3. The van der Waals surface area contributed by atoms with Gasteiger partial charge in [0.1, 0.15) is 29.4 Å². The van der Waals surface area contributed by atoms with E-state index in [0.29, 0.717) is 5.98 Å². The van der Waals surface area contributed by atoms with Crippen molar-refractivity contribution in [3.8, 4) is 0 Å². The van der Waals surface area contributed by atoms with Crippen molar-refractivity contribution in [2.24, 2.45) is 0 Å². The minimum atomic E-state index is -4.22. The lowest BCUT2D eigenvalue weighted by Crippen LogP contribution is -2.70. The van der Waals surface area contributed by atoms with Crippen molar-refractivity contribution >= 4 is 28.6 Å². The van der Waals surface area contributed by atoms with Crippen LogP contribution in [0.2, 0.25) is 0 Å². The molecular weight excluding hydrogens is 513 g/mol. The second-order valence-electron chi connectivity index (χ2n) is 8.08. The molecule has 190 valence electrons. The smallest absolute Gasteiger partial charge is 0.200 e. The van der Waals surface area contributed by atoms with Crippen molar-refractivity contribution in [2.45, 2.75) is 0 Å². The Morgan fingerprint density at radius 1 is 0.405 bits per heavy atom. The van der Waals surface area contributed by atoms with Gasteiger partial charge >= 0.3 is 0 Å². The topological polar surface area (TPSA) is 0 Å². The van der Waals surface area contributed by atoms with Gasteiger partial charge in [0.05, 0.1) is 0 Å². The molecule has 0 aliphatic carbocycles. The summed E-state index contributed by atoms with van der Waals surface area (Å²) in [5, 5.41) is 0. The first-order valence-electron chi connectivity index (χ1n) is 10.5. The molecule has 4 aromatic carbocycles. The molecule has 0 saturated carbocycles. The van der Waals surface area contributed by atoms with Gasteiger partial charge in [0.15, 0.2) is 34.9 Å². The van der Waals surface area contributed by atoms with Crippen LogP contribution in [-0.2, 0) is 0 Å².